The van der Waals surface area contributed by atoms with Gasteiger partial charge >= 0.3 is 0 Å². The van der Waals surface area contributed by atoms with Crippen LogP contribution in [0.3, 0.4) is 0 Å². The lowest BCUT2D eigenvalue weighted by molar-refractivity contribution is 0.689. The molecule has 0 aromatic rings. The number of hydrogen-bond acceptors (Lipinski definition) is 2. The summed E-state index contributed by atoms with van der Waals surface area (Å²) in [6, 6.07) is 0. The predicted molar refractivity (Wildman–Crippen MR) is 38.9 cm³/mol. The smallest absolute Gasteiger partial charge is 0.0488 e. The van der Waals surface area contributed by atoms with E-state index in [4.69, 9.17) is 0 Å². The Kier molecular flexibility index (Phi) is 4.55. The van der Waals surface area contributed by atoms with E-state index in [1.165, 1.54) is 0 Å². The number of nitrogens with one attached hydrogen (secondary N) is 1. The summed E-state index contributed by atoms with van der Waals surface area (Å²) in [7, 11) is 1.86. The summed E-state index contributed by atoms with van der Waals surface area (Å²) in [6.07, 6.45) is 0. The van der Waals surface area contributed by atoms with E-state index in [9.17, 15) is 0 Å². The van der Waals surface area contributed by atoms with E-state index in [0.717, 1.165) is 0 Å². The number of hydrazine groups is 1. The molecule has 0 spiro atoms. The Labute approximate surface area is 59.3 Å². The van der Waals surface area contributed by atoms with E-state index in [1.807, 2.05) is 8.48 Å². The lowest BCUT2D eigenvalue weighted by atomic mass is 11.5. The number of nitrogens with zero attached hydrogens (tertiary/aromatic N) is 1. The van der Waals surface area contributed by atoms with Gasteiger partial charge in [0.25, 0.3) is 0 Å². The minimum absolute atomic E-state index is 1.82. The first-order chi connectivity index (χ1) is 2.27. The molecule has 0 bridgehead atoms. The van der Waals surface area contributed by atoms with Gasteiger partial charge in [0.2, 0.25) is 0 Å². The maximum Gasteiger partial charge on any atom is 0.0488 e. The third-order valence-corrected chi connectivity index (χ3v) is 1.13. The highest BCUT2D eigenvalue weighted by Crippen LogP contribution is 1.97. The van der Waals surface area contributed by atoms with Crippen molar-refractivity contribution in [3.8, 4) is 0 Å². The molecule has 1 N–H and O–H groups in total. The van der Waals surface area contributed by atoms with Gasteiger partial charge in [0.1, 0.15) is 0 Å². The lowest BCUT2D eigenvalue weighted by Gasteiger charge is -1.95. The molecule has 32 valence electrons. The molecule has 0 radical (unpaired) electrons. The topological polar surface area (TPSA) is 15.3 Å². The molecule has 2 nitrogen and oxygen atoms in total. The Morgan fingerprint density at radius 2 is 1.80 bits per heavy atom. The number of rotatable bonds is 1. The average Bonchev–Trinajstić information content (AvgIpc) is 1.38. The fourth-order valence-electron chi connectivity index (χ4n) is 0. The van der Waals surface area contributed by atoms with Gasteiger partial charge in [-0.05, 0) is 0 Å². The van der Waals surface area contributed by atoms with Crippen LogP contribution < -0.4 is 5.43 Å². The summed E-state index contributed by atoms with van der Waals surface area (Å²) in [5.74, 6) is 0. The molecule has 4 heteroatoms. The van der Waals surface area contributed by atoms with Crippen LogP contribution in [0.5, 0.6) is 0 Å². The minimum atomic E-state index is 1.82. The minimum Gasteiger partial charge on any atom is -0.240 e. The predicted octanol–water partition coefficient (Wildman–Crippen LogP) is 1.12. The van der Waals surface area contributed by atoms with Crippen LogP contribution in [-0.4, -0.2) is 8.48 Å². The maximum absolute atomic E-state index is 2.83. The molecule has 0 unspecified atom stereocenters. The van der Waals surface area contributed by atoms with Gasteiger partial charge in [-0.1, -0.05) is 0 Å². The van der Waals surface area contributed by atoms with Gasteiger partial charge in [0, 0.05) is 52.8 Å². The normalized spacial score (nSPS) is 9.60. The first-order valence-electron chi connectivity index (χ1n) is 1.06. The van der Waals surface area contributed by atoms with E-state index in [0.29, 0.717) is 0 Å². The highest BCUT2D eigenvalue weighted by molar-refractivity contribution is 14.2. The molecule has 0 aromatic heterocycles. The van der Waals surface area contributed by atoms with Gasteiger partial charge in [-0.25, -0.2) is 5.43 Å². The van der Waals surface area contributed by atoms with Crippen LogP contribution in [0.2, 0.25) is 0 Å². The van der Waals surface area contributed by atoms with Crippen molar-refractivity contribution in [2.75, 3.05) is 7.05 Å². The van der Waals surface area contributed by atoms with Crippen LogP contribution in [0.25, 0.3) is 0 Å². The summed E-state index contributed by atoms with van der Waals surface area (Å²) in [5, 5.41) is 0. The fraction of sp³-hybridized carbons (Fsp3) is 1.00. The molecule has 0 aliphatic heterocycles. The summed E-state index contributed by atoms with van der Waals surface area (Å²) in [4.78, 5) is 0. The summed E-state index contributed by atoms with van der Waals surface area (Å²) >= 11 is 4.23. The highest BCUT2D eigenvalue weighted by atomic mass is 127. The first kappa shape index (κ1) is 6.38. The van der Waals surface area contributed by atoms with Crippen LogP contribution in [0.4, 0.5) is 0 Å². The molecule has 0 amide bonds. The molecular formula is CH4I2N2. The molecule has 0 saturated heterocycles. The quantitative estimate of drug-likeness (QED) is 0.443. The summed E-state index contributed by atoms with van der Waals surface area (Å²) in [6.45, 7) is 0. The van der Waals surface area contributed by atoms with Crippen LogP contribution in [-0.2, 0) is 0 Å². The van der Waals surface area contributed by atoms with E-state index >= 15 is 0 Å². The van der Waals surface area contributed by atoms with Crippen LogP contribution in [0, 0.1) is 0 Å². The maximum atomic E-state index is 2.83. The Hall–Kier alpha value is 1.38. The third-order valence-electron chi connectivity index (χ3n) is 0.169. The Bertz CT molecular complexity index is 21.6. The molecule has 0 aliphatic carbocycles. The zero-order valence-corrected chi connectivity index (χ0v) is 7.02. The van der Waals surface area contributed by atoms with Gasteiger partial charge in [0.05, 0.1) is 0 Å². The van der Waals surface area contributed by atoms with Crippen molar-refractivity contribution in [3.05, 3.63) is 0 Å². The molecule has 0 atom stereocenters. The van der Waals surface area contributed by atoms with E-state index < -0.39 is 0 Å². The van der Waals surface area contributed by atoms with E-state index in [2.05, 4.69) is 51.2 Å². The van der Waals surface area contributed by atoms with Crippen molar-refractivity contribution in [2.45, 2.75) is 0 Å². The zero-order chi connectivity index (χ0) is 4.28. The van der Waals surface area contributed by atoms with Crippen molar-refractivity contribution in [1.29, 1.82) is 0 Å². The Balaban J connectivity index is 2.54. The Morgan fingerprint density at radius 3 is 1.80 bits per heavy atom. The zero-order valence-electron chi connectivity index (χ0n) is 2.70. The second-order valence-corrected chi connectivity index (χ2v) is 4.23. The largest absolute Gasteiger partial charge is 0.240 e. The highest BCUT2D eigenvalue weighted by Gasteiger charge is 1.76. The average molecular weight is 298 g/mol. The second kappa shape index (κ2) is 3.57. The monoisotopic (exact) mass is 298 g/mol. The Morgan fingerprint density at radius 1 is 1.60 bits per heavy atom. The van der Waals surface area contributed by atoms with Crippen LogP contribution in [0.15, 0.2) is 0 Å². The van der Waals surface area contributed by atoms with Crippen molar-refractivity contribution < 1.29 is 0 Å². The molecule has 0 saturated carbocycles. The van der Waals surface area contributed by atoms with E-state index in [-0.39, 0.29) is 0 Å². The standard InChI is InChI=1S/CH4I2N2/c1-4-5(2)3/h4H,1H3. The molecule has 0 heterocycles. The van der Waals surface area contributed by atoms with Crippen molar-refractivity contribution in [3.63, 3.8) is 0 Å². The molecular weight excluding hydrogens is 294 g/mol. The van der Waals surface area contributed by atoms with Gasteiger partial charge in [-0.2, -0.15) is 0 Å². The second-order valence-electron chi connectivity index (χ2n) is 0.457. The van der Waals surface area contributed by atoms with E-state index in [1.54, 1.807) is 0 Å². The van der Waals surface area contributed by atoms with Gasteiger partial charge in [-0.3, -0.25) is 0 Å². The van der Waals surface area contributed by atoms with Crippen molar-refractivity contribution in [1.82, 2.24) is 6.86 Å². The van der Waals surface area contributed by atoms with Crippen LogP contribution >= 0.6 is 45.7 Å². The number of halogens is 2. The van der Waals surface area contributed by atoms with Crippen molar-refractivity contribution >= 4 is 45.7 Å². The van der Waals surface area contributed by atoms with Gasteiger partial charge < -0.3 is 0 Å². The summed E-state index contributed by atoms with van der Waals surface area (Å²) < 4.78 is 1.82. The molecule has 0 aromatic carbocycles. The fourth-order valence-corrected chi connectivity index (χ4v) is 0. The van der Waals surface area contributed by atoms with Gasteiger partial charge in [0.15, 0.2) is 0 Å². The molecule has 0 fully saturated rings. The first-order valence-corrected chi connectivity index (χ1v) is 2.99. The lowest BCUT2D eigenvalue weighted by Crippen LogP contribution is -2.12. The third kappa shape index (κ3) is 5.38. The van der Waals surface area contributed by atoms with Gasteiger partial charge in [-0.15, -0.1) is 1.44 Å². The summed E-state index contributed by atoms with van der Waals surface area (Å²) in [5.41, 5.74) is 2.83. The molecule has 5 heavy (non-hydrogen) atoms. The number of hydrogen-bond donors (Lipinski definition) is 1. The van der Waals surface area contributed by atoms with Crippen molar-refractivity contribution in [2.24, 2.45) is 0 Å². The molecule has 0 rings (SSSR count). The van der Waals surface area contributed by atoms with Crippen LogP contribution in [0.1, 0.15) is 0 Å². The SMILES string of the molecule is CNN(I)I. The molecule has 0 aliphatic rings.